The molecule has 4 heterocycles. The molecule has 0 N–H and O–H groups in total. The molecule has 1 saturated heterocycles. The molecule has 11 heteroatoms. The van der Waals surface area contributed by atoms with Gasteiger partial charge in [-0.25, -0.2) is 9.38 Å². The highest BCUT2D eigenvalue weighted by molar-refractivity contribution is 5.96. The average molecular weight is 498 g/mol. The molecule has 0 bridgehead atoms. The second-order valence-corrected chi connectivity index (χ2v) is 9.14. The van der Waals surface area contributed by atoms with Crippen LogP contribution in [0.25, 0.3) is 28.1 Å². The van der Waals surface area contributed by atoms with Crippen molar-refractivity contribution in [3.05, 3.63) is 82.1 Å². The minimum absolute atomic E-state index is 0.0574. The van der Waals surface area contributed by atoms with Gasteiger partial charge in [-0.3, -0.25) is 14.9 Å². The predicted molar refractivity (Wildman–Crippen MR) is 137 cm³/mol. The third kappa shape index (κ3) is 3.75. The molecule has 11 nitrogen and oxygen atoms in total. The molecule has 0 saturated carbocycles. The molecule has 186 valence electrons. The topological polar surface area (TPSA) is 123 Å². The molecule has 0 radical (unpaired) electrons. The van der Waals surface area contributed by atoms with Gasteiger partial charge in [0.15, 0.2) is 11.4 Å². The Bertz CT molecular complexity index is 1660. The Labute approximate surface area is 211 Å². The van der Waals surface area contributed by atoms with E-state index in [1.54, 1.807) is 36.3 Å². The Kier molecular flexibility index (Phi) is 5.32. The lowest BCUT2D eigenvalue weighted by molar-refractivity contribution is -0.385. The highest BCUT2D eigenvalue weighted by atomic mass is 16.6. The van der Waals surface area contributed by atoms with Crippen molar-refractivity contribution in [1.29, 1.82) is 0 Å². The Morgan fingerprint density at radius 2 is 1.95 bits per heavy atom. The zero-order valence-electron chi connectivity index (χ0n) is 20.2. The van der Waals surface area contributed by atoms with Gasteiger partial charge in [-0.05, 0) is 44.2 Å². The summed E-state index contributed by atoms with van der Waals surface area (Å²) < 4.78 is 7.52. The highest BCUT2D eigenvalue weighted by Gasteiger charge is 2.32. The van der Waals surface area contributed by atoms with Crippen molar-refractivity contribution < 1.29 is 14.1 Å². The van der Waals surface area contributed by atoms with Gasteiger partial charge in [0.05, 0.1) is 16.7 Å². The molecule has 0 aliphatic carbocycles. The summed E-state index contributed by atoms with van der Waals surface area (Å²) in [5.41, 5.74) is 2.24. The molecular weight excluding hydrogens is 474 g/mol. The lowest BCUT2D eigenvalue weighted by Gasteiger charge is -2.40. The summed E-state index contributed by atoms with van der Waals surface area (Å²) in [5.74, 6) is 1.56. The van der Waals surface area contributed by atoms with Gasteiger partial charge < -0.3 is 14.2 Å². The number of carbonyl (C=O) groups excluding carboxylic acids is 1. The standard InChI is InChI=1S/C26H23N7O4/c1-16-9-10-18(14-21(16)33(35)36)25(34)31-12-11-30(15-17(31)2)26-27-20-7-4-3-6-19(20)23-28-29-24(32(23)26)22-8-5-13-37-22/h3-10,13-14,17H,11-12,15H2,1-2H3/t17-/m0/s1. The van der Waals surface area contributed by atoms with E-state index in [0.29, 0.717) is 53.9 Å². The number of hydrogen-bond acceptors (Lipinski definition) is 8. The fourth-order valence-electron chi connectivity index (χ4n) is 4.89. The van der Waals surface area contributed by atoms with Gasteiger partial charge >= 0.3 is 0 Å². The van der Waals surface area contributed by atoms with Crippen LogP contribution >= 0.6 is 0 Å². The number of piperazine rings is 1. The maximum absolute atomic E-state index is 13.3. The number of benzene rings is 2. The van der Waals surface area contributed by atoms with Gasteiger partial charge in [0.2, 0.25) is 11.8 Å². The summed E-state index contributed by atoms with van der Waals surface area (Å²) >= 11 is 0. The number of carbonyl (C=O) groups is 1. The Morgan fingerprint density at radius 3 is 2.70 bits per heavy atom. The number of nitro benzene ring substituents is 1. The maximum atomic E-state index is 13.3. The molecule has 1 aliphatic heterocycles. The molecule has 3 aromatic heterocycles. The van der Waals surface area contributed by atoms with Crippen LogP contribution in [0.15, 0.2) is 65.3 Å². The first kappa shape index (κ1) is 22.7. The Balaban J connectivity index is 1.36. The Morgan fingerprint density at radius 1 is 1.11 bits per heavy atom. The number of furan rings is 1. The molecule has 1 amide bonds. The van der Waals surface area contributed by atoms with Crippen LogP contribution in [0.5, 0.6) is 0 Å². The lowest BCUT2D eigenvalue weighted by atomic mass is 10.1. The minimum atomic E-state index is -0.458. The number of fused-ring (bicyclic) bond motifs is 3. The van der Waals surface area contributed by atoms with Crippen LogP contribution in [0.4, 0.5) is 11.6 Å². The quantitative estimate of drug-likeness (QED) is 0.269. The summed E-state index contributed by atoms with van der Waals surface area (Å²) in [4.78, 5) is 33.1. The summed E-state index contributed by atoms with van der Waals surface area (Å²) in [6.45, 7) is 5.07. The number of anilines is 1. The van der Waals surface area contributed by atoms with Crippen molar-refractivity contribution in [2.45, 2.75) is 19.9 Å². The number of hydrogen-bond donors (Lipinski definition) is 0. The highest BCUT2D eigenvalue weighted by Crippen LogP contribution is 2.30. The van der Waals surface area contributed by atoms with Gasteiger partial charge in [0.25, 0.3) is 11.6 Å². The molecule has 1 atom stereocenters. The largest absolute Gasteiger partial charge is 0.461 e. The Hall–Kier alpha value is -4.80. The number of aryl methyl sites for hydroxylation is 1. The SMILES string of the molecule is Cc1ccc(C(=O)N2CCN(c3nc4ccccc4c4nnc(-c5ccco5)n34)C[C@@H]2C)cc1[N+](=O)[O-]. The summed E-state index contributed by atoms with van der Waals surface area (Å²) in [7, 11) is 0. The normalized spacial score (nSPS) is 16.0. The molecule has 0 spiro atoms. The fourth-order valence-corrected chi connectivity index (χ4v) is 4.89. The number of nitro groups is 1. The number of amides is 1. The van der Waals surface area contributed by atoms with Crippen LogP contribution in [-0.2, 0) is 0 Å². The number of nitrogens with zero attached hydrogens (tertiary/aromatic N) is 7. The summed E-state index contributed by atoms with van der Waals surface area (Å²) in [5, 5.41) is 21.1. The molecule has 2 aromatic carbocycles. The third-order valence-corrected chi connectivity index (χ3v) is 6.79. The van der Waals surface area contributed by atoms with Crippen LogP contribution in [0.3, 0.4) is 0 Å². The summed E-state index contributed by atoms with van der Waals surface area (Å²) in [6, 6.07) is 15.8. The monoisotopic (exact) mass is 497 g/mol. The smallest absolute Gasteiger partial charge is 0.273 e. The zero-order chi connectivity index (χ0) is 25.7. The van der Waals surface area contributed by atoms with E-state index in [-0.39, 0.29) is 17.6 Å². The first-order valence-electron chi connectivity index (χ1n) is 11.9. The van der Waals surface area contributed by atoms with Crippen LogP contribution in [-0.4, -0.2) is 61.0 Å². The van der Waals surface area contributed by atoms with Gasteiger partial charge in [-0.15, -0.1) is 10.2 Å². The van der Waals surface area contributed by atoms with Crippen LogP contribution < -0.4 is 4.90 Å². The number of para-hydroxylation sites is 1. The van der Waals surface area contributed by atoms with Gasteiger partial charge in [-0.1, -0.05) is 18.2 Å². The average Bonchev–Trinajstić information content (AvgIpc) is 3.58. The molecule has 37 heavy (non-hydrogen) atoms. The molecule has 5 aromatic rings. The van der Waals surface area contributed by atoms with Crippen molar-refractivity contribution >= 4 is 34.1 Å². The van der Waals surface area contributed by atoms with Crippen LogP contribution in [0.1, 0.15) is 22.8 Å². The van der Waals surface area contributed by atoms with Gasteiger partial charge in [0.1, 0.15) is 0 Å². The first-order valence-corrected chi connectivity index (χ1v) is 11.9. The van der Waals surface area contributed by atoms with Crippen molar-refractivity contribution in [2.24, 2.45) is 0 Å². The van der Waals surface area contributed by atoms with Crippen molar-refractivity contribution in [1.82, 2.24) is 24.5 Å². The molecule has 1 fully saturated rings. The van der Waals surface area contributed by atoms with Gasteiger partial charge in [-0.2, -0.15) is 0 Å². The zero-order valence-corrected chi connectivity index (χ0v) is 20.2. The molecule has 6 rings (SSSR count). The van der Waals surface area contributed by atoms with E-state index >= 15 is 0 Å². The molecule has 0 unspecified atom stereocenters. The van der Waals surface area contributed by atoms with E-state index in [0.717, 1.165) is 10.9 Å². The second kappa shape index (κ2) is 8.70. The van der Waals surface area contributed by atoms with E-state index in [1.165, 1.54) is 6.07 Å². The van der Waals surface area contributed by atoms with E-state index in [1.807, 2.05) is 41.7 Å². The molecule has 1 aliphatic rings. The van der Waals surface area contributed by atoms with E-state index in [2.05, 4.69) is 15.1 Å². The van der Waals surface area contributed by atoms with Gasteiger partial charge in [0, 0.05) is 48.3 Å². The lowest BCUT2D eigenvalue weighted by Crippen LogP contribution is -2.54. The number of rotatable bonds is 4. The first-order chi connectivity index (χ1) is 17.9. The van der Waals surface area contributed by atoms with Crippen LogP contribution in [0.2, 0.25) is 0 Å². The van der Waals surface area contributed by atoms with Crippen molar-refractivity contribution in [2.75, 3.05) is 24.5 Å². The van der Waals surface area contributed by atoms with E-state index < -0.39 is 4.92 Å². The van der Waals surface area contributed by atoms with Crippen LogP contribution in [0, 0.1) is 17.0 Å². The van der Waals surface area contributed by atoms with Crippen molar-refractivity contribution in [3.63, 3.8) is 0 Å². The van der Waals surface area contributed by atoms with E-state index in [9.17, 15) is 14.9 Å². The fraction of sp³-hybridized carbons (Fsp3) is 0.231. The third-order valence-electron chi connectivity index (χ3n) is 6.79. The van der Waals surface area contributed by atoms with E-state index in [4.69, 9.17) is 9.40 Å². The maximum Gasteiger partial charge on any atom is 0.273 e. The number of aromatic nitrogens is 4. The predicted octanol–water partition coefficient (Wildman–Crippen LogP) is 4.11. The molecular formula is C26H23N7O4. The minimum Gasteiger partial charge on any atom is -0.461 e. The summed E-state index contributed by atoms with van der Waals surface area (Å²) in [6.07, 6.45) is 1.59. The van der Waals surface area contributed by atoms with Crippen molar-refractivity contribution in [3.8, 4) is 11.6 Å². The second-order valence-electron chi connectivity index (χ2n) is 9.14.